The first-order chi connectivity index (χ1) is 17.6. The summed E-state index contributed by atoms with van der Waals surface area (Å²) in [6.45, 7) is 4.76. The van der Waals surface area contributed by atoms with Gasteiger partial charge in [0.1, 0.15) is 10.8 Å². The van der Waals surface area contributed by atoms with Gasteiger partial charge in [0.2, 0.25) is 16.9 Å². The number of nitrogens with one attached hydrogen (secondary N) is 2. The van der Waals surface area contributed by atoms with Crippen LogP contribution >= 0.6 is 11.3 Å². The van der Waals surface area contributed by atoms with Gasteiger partial charge in [0.05, 0.1) is 18.7 Å². The molecule has 3 rings (SSSR count). The van der Waals surface area contributed by atoms with E-state index in [1.54, 1.807) is 6.07 Å². The van der Waals surface area contributed by atoms with Gasteiger partial charge < -0.3 is 15.4 Å². The number of ether oxygens (including phenoxy) is 1. The first kappa shape index (κ1) is 27.2. The molecule has 2 amide bonds. The highest BCUT2D eigenvalue weighted by Gasteiger charge is 2.09. The fraction of sp³-hybridized carbons (Fsp3) is 0.462. The number of hydrogen-bond acceptors (Lipinski definition) is 8. The number of aromatic nitrogens is 4. The molecule has 2 N–H and O–H groups in total. The molecule has 0 aliphatic rings. The van der Waals surface area contributed by atoms with Crippen LogP contribution in [0.3, 0.4) is 0 Å². The summed E-state index contributed by atoms with van der Waals surface area (Å²) in [5, 5.41) is 23.7. The van der Waals surface area contributed by atoms with E-state index in [9.17, 15) is 9.59 Å². The summed E-state index contributed by atoms with van der Waals surface area (Å²) in [4.78, 5) is 24.2. The molecule has 2 heterocycles. The maximum Gasteiger partial charge on any atom is 0.229 e. The number of carbonyl (C=O) groups is 2. The maximum absolute atomic E-state index is 12.4. The number of hydrogen-bond donors (Lipinski definition) is 2. The van der Waals surface area contributed by atoms with Crippen LogP contribution in [0.15, 0.2) is 36.4 Å². The van der Waals surface area contributed by atoms with Crippen LogP contribution in [0.5, 0.6) is 5.75 Å². The zero-order valence-electron chi connectivity index (χ0n) is 21.0. The monoisotopic (exact) mass is 510 g/mol. The lowest BCUT2D eigenvalue weighted by atomic mass is 10.1. The molecule has 192 valence electrons. The van der Waals surface area contributed by atoms with E-state index in [1.165, 1.54) is 11.3 Å². The molecule has 0 aliphatic heterocycles. The normalized spacial score (nSPS) is 10.7. The molecule has 0 bridgehead atoms. The first-order valence-corrected chi connectivity index (χ1v) is 13.3. The Balaban J connectivity index is 1.36. The Kier molecular flexibility index (Phi) is 11.2. The van der Waals surface area contributed by atoms with E-state index >= 15 is 0 Å². The highest BCUT2D eigenvalue weighted by atomic mass is 32.1. The quantitative estimate of drug-likeness (QED) is 0.276. The van der Waals surface area contributed by atoms with Crippen molar-refractivity contribution in [2.75, 3.05) is 17.2 Å². The molecule has 3 aromatic rings. The molecule has 0 radical (unpaired) electrons. The van der Waals surface area contributed by atoms with E-state index in [-0.39, 0.29) is 18.2 Å². The third-order valence-corrected chi connectivity index (χ3v) is 6.17. The van der Waals surface area contributed by atoms with Crippen LogP contribution in [0.2, 0.25) is 0 Å². The summed E-state index contributed by atoms with van der Waals surface area (Å²) >= 11 is 1.42. The Hall–Kier alpha value is -3.40. The van der Waals surface area contributed by atoms with Gasteiger partial charge in [-0.15, -0.1) is 15.3 Å². The molecule has 0 atom stereocenters. The van der Waals surface area contributed by atoms with Gasteiger partial charge in [-0.2, -0.15) is 5.10 Å². The Morgan fingerprint density at radius 3 is 2.53 bits per heavy atom. The standard InChI is InChI=1S/C26H34N6O3S/c1-3-5-12-23(33)28-26-32-31-25(36-26)13-7-6-10-20-14-15-22(30-29-20)27-24(34)18-19-9-8-11-21(17-19)35-16-4-2/h8-9,11,14-15,17H,3-7,10,12-13,16,18H2,1-2H3,(H,27,30,34)(H,28,32,33). The van der Waals surface area contributed by atoms with Gasteiger partial charge in [0, 0.05) is 12.8 Å². The lowest BCUT2D eigenvalue weighted by Crippen LogP contribution is -2.16. The molecule has 36 heavy (non-hydrogen) atoms. The summed E-state index contributed by atoms with van der Waals surface area (Å²) in [5.41, 5.74) is 1.75. The first-order valence-electron chi connectivity index (χ1n) is 12.5. The zero-order valence-corrected chi connectivity index (χ0v) is 21.8. The van der Waals surface area contributed by atoms with E-state index in [1.807, 2.05) is 30.3 Å². The summed E-state index contributed by atoms with van der Waals surface area (Å²) in [6, 6.07) is 11.2. The van der Waals surface area contributed by atoms with Crippen LogP contribution in [0, 0.1) is 0 Å². The molecule has 0 saturated carbocycles. The number of rotatable bonds is 15. The zero-order chi connectivity index (χ0) is 25.6. The predicted molar refractivity (Wildman–Crippen MR) is 141 cm³/mol. The minimum atomic E-state index is -0.150. The van der Waals surface area contributed by atoms with Crippen LogP contribution in [0.4, 0.5) is 10.9 Å². The third kappa shape index (κ3) is 9.69. The molecule has 0 unspecified atom stereocenters. The minimum Gasteiger partial charge on any atom is -0.494 e. The number of benzene rings is 1. The smallest absolute Gasteiger partial charge is 0.229 e. The molecular formula is C26H34N6O3S. The molecule has 0 spiro atoms. The largest absolute Gasteiger partial charge is 0.494 e. The van der Waals surface area contributed by atoms with E-state index in [4.69, 9.17) is 4.74 Å². The van der Waals surface area contributed by atoms with Gasteiger partial charge in [-0.25, -0.2) is 0 Å². The van der Waals surface area contributed by atoms with E-state index < -0.39 is 0 Å². The van der Waals surface area contributed by atoms with Crippen LogP contribution < -0.4 is 15.4 Å². The Morgan fingerprint density at radius 1 is 0.889 bits per heavy atom. The lowest BCUT2D eigenvalue weighted by molar-refractivity contribution is -0.116. The summed E-state index contributed by atoms with van der Waals surface area (Å²) in [6.07, 6.45) is 6.98. The van der Waals surface area contributed by atoms with Crippen molar-refractivity contribution >= 4 is 34.1 Å². The molecule has 0 saturated heterocycles. The van der Waals surface area contributed by atoms with Crippen molar-refractivity contribution in [3.63, 3.8) is 0 Å². The summed E-state index contributed by atoms with van der Waals surface area (Å²) in [5.74, 6) is 1.04. The maximum atomic E-state index is 12.4. The topological polar surface area (TPSA) is 119 Å². The second-order valence-electron chi connectivity index (χ2n) is 8.49. The minimum absolute atomic E-state index is 0.0102. The van der Waals surface area contributed by atoms with E-state index in [0.29, 0.717) is 24.0 Å². The van der Waals surface area contributed by atoms with Crippen molar-refractivity contribution in [3.05, 3.63) is 52.7 Å². The SMILES string of the molecule is CCCCC(=O)Nc1nnc(CCCCc2ccc(NC(=O)Cc3cccc(OCCC)c3)nn2)s1. The second-order valence-corrected chi connectivity index (χ2v) is 9.55. The number of aryl methyl sites for hydroxylation is 2. The average molecular weight is 511 g/mol. The van der Waals surface area contributed by atoms with Crippen molar-refractivity contribution in [3.8, 4) is 5.75 Å². The Bertz CT molecular complexity index is 1100. The van der Waals surface area contributed by atoms with Crippen LogP contribution in [-0.4, -0.2) is 38.8 Å². The molecule has 2 aromatic heterocycles. The third-order valence-electron chi connectivity index (χ3n) is 5.27. The number of carbonyl (C=O) groups excluding carboxylic acids is 2. The molecule has 0 fully saturated rings. The second kappa shape index (κ2) is 14.9. The van der Waals surface area contributed by atoms with Crippen molar-refractivity contribution in [1.29, 1.82) is 0 Å². The van der Waals surface area contributed by atoms with E-state index in [0.717, 1.165) is 67.0 Å². The summed E-state index contributed by atoms with van der Waals surface area (Å²) in [7, 11) is 0. The number of unbranched alkanes of at least 4 members (excludes halogenated alkanes) is 2. The van der Waals surface area contributed by atoms with Crippen LogP contribution in [0.25, 0.3) is 0 Å². The Morgan fingerprint density at radius 2 is 1.75 bits per heavy atom. The highest BCUT2D eigenvalue weighted by molar-refractivity contribution is 7.15. The summed E-state index contributed by atoms with van der Waals surface area (Å²) < 4.78 is 5.63. The van der Waals surface area contributed by atoms with Crippen molar-refractivity contribution in [2.45, 2.75) is 71.6 Å². The van der Waals surface area contributed by atoms with Gasteiger partial charge in [0.15, 0.2) is 5.82 Å². The van der Waals surface area contributed by atoms with Crippen molar-refractivity contribution in [1.82, 2.24) is 20.4 Å². The van der Waals surface area contributed by atoms with Gasteiger partial charge in [-0.05, 0) is 61.9 Å². The highest BCUT2D eigenvalue weighted by Crippen LogP contribution is 2.18. The van der Waals surface area contributed by atoms with Crippen molar-refractivity contribution in [2.24, 2.45) is 0 Å². The molecular weight excluding hydrogens is 476 g/mol. The lowest BCUT2D eigenvalue weighted by Gasteiger charge is -2.08. The Labute approximate surface area is 216 Å². The predicted octanol–water partition coefficient (Wildman–Crippen LogP) is 4.99. The van der Waals surface area contributed by atoms with Gasteiger partial charge >= 0.3 is 0 Å². The van der Waals surface area contributed by atoms with Gasteiger partial charge in [-0.1, -0.05) is 43.7 Å². The fourth-order valence-corrected chi connectivity index (χ4v) is 4.20. The van der Waals surface area contributed by atoms with Crippen LogP contribution in [-0.2, 0) is 28.9 Å². The molecule has 9 nitrogen and oxygen atoms in total. The van der Waals surface area contributed by atoms with Crippen molar-refractivity contribution < 1.29 is 14.3 Å². The molecule has 0 aliphatic carbocycles. The number of anilines is 2. The van der Waals surface area contributed by atoms with Gasteiger partial charge in [-0.3, -0.25) is 9.59 Å². The van der Waals surface area contributed by atoms with Crippen LogP contribution in [0.1, 0.15) is 68.6 Å². The number of amides is 2. The average Bonchev–Trinajstić information content (AvgIpc) is 3.32. The number of nitrogens with zero attached hydrogens (tertiary/aromatic N) is 4. The fourth-order valence-electron chi connectivity index (χ4n) is 3.40. The molecule has 1 aromatic carbocycles. The van der Waals surface area contributed by atoms with Gasteiger partial charge in [0.25, 0.3) is 0 Å². The van der Waals surface area contributed by atoms with E-state index in [2.05, 4.69) is 44.9 Å². The molecule has 10 heteroatoms.